The molecule has 1 saturated carbocycles. The zero-order chi connectivity index (χ0) is 17.1. The highest BCUT2D eigenvalue weighted by molar-refractivity contribution is 7.80. The number of fused-ring (bicyclic) bond motifs is 2. The Morgan fingerprint density at radius 1 is 1.25 bits per heavy atom. The average molecular weight is 358 g/mol. The summed E-state index contributed by atoms with van der Waals surface area (Å²) in [4.78, 5) is 13.8. The van der Waals surface area contributed by atoms with E-state index in [1.165, 1.54) is 4.90 Å². The highest BCUT2D eigenvalue weighted by Gasteiger charge is 2.49. The first-order chi connectivity index (χ1) is 11.3. The molecule has 0 radical (unpaired) electrons. The maximum atomic E-state index is 12.4. The molecule has 2 aliphatic heterocycles. The highest BCUT2D eigenvalue weighted by atomic mass is 32.3. The normalized spacial score (nSPS) is 33.0. The quantitative estimate of drug-likeness (QED) is 0.797. The van der Waals surface area contributed by atoms with E-state index in [2.05, 4.69) is 21.4 Å². The lowest BCUT2D eigenvalue weighted by Crippen LogP contribution is -2.35. The third kappa shape index (κ3) is 2.66. The van der Waals surface area contributed by atoms with Crippen LogP contribution in [-0.2, 0) is 14.7 Å². The molecule has 2 amide bonds. The number of hydrogen-bond donors (Lipinski definition) is 1. The molecule has 10 nitrogen and oxygen atoms in total. The lowest BCUT2D eigenvalue weighted by Gasteiger charge is -2.30. The second kappa shape index (κ2) is 5.39. The fourth-order valence-electron chi connectivity index (χ4n) is 3.74. The maximum absolute atomic E-state index is 12.4. The average Bonchev–Trinajstić information content (AvgIpc) is 3.04. The molecule has 1 aromatic rings. The lowest BCUT2D eigenvalue weighted by atomic mass is 9.76. The van der Waals surface area contributed by atoms with Gasteiger partial charge in [-0.1, -0.05) is 6.92 Å². The maximum Gasteiger partial charge on any atom is 0.418 e. The highest BCUT2D eigenvalue weighted by Crippen LogP contribution is 2.42. The molecule has 1 aromatic heterocycles. The van der Waals surface area contributed by atoms with E-state index in [4.69, 9.17) is 8.97 Å². The van der Waals surface area contributed by atoms with Gasteiger partial charge in [-0.15, -0.1) is 14.5 Å². The van der Waals surface area contributed by atoms with Crippen molar-refractivity contribution in [3.05, 3.63) is 11.8 Å². The number of urea groups is 1. The van der Waals surface area contributed by atoms with Crippen molar-refractivity contribution in [2.75, 3.05) is 6.54 Å². The van der Waals surface area contributed by atoms with Crippen LogP contribution in [-0.4, -0.2) is 51.7 Å². The Labute approximate surface area is 138 Å². The Kier molecular flexibility index (Phi) is 3.55. The predicted octanol–water partition coefficient (Wildman–Crippen LogP) is 1.26. The summed E-state index contributed by atoms with van der Waals surface area (Å²) in [5, 5.41) is 8.89. The number of hydroxylamine groups is 2. The van der Waals surface area contributed by atoms with Crippen molar-refractivity contribution in [2.45, 2.75) is 50.6 Å². The van der Waals surface area contributed by atoms with Crippen LogP contribution in [0.5, 0.6) is 0 Å². The van der Waals surface area contributed by atoms with Gasteiger partial charge in [0.2, 0.25) is 11.8 Å². The molecule has 24 heavy (non-hydrogen) atoms. The predicted molar refractivity (Wildman–Crippen MR) is 77.8 cm³/mol. The first kappa shape index (κ1) is 15.8. The van der Waals surface area contributed by atoms with Gasteiger partial charge in [-0.05, 0) is 31.6 Å². The molecule has 2 saturated heterocycles. The zero-order valence-corrected chi connectivity index (χ0v) is 13.8. The zero-order valence-electron chi connectivity index (χ0n) is 13.0. The van der Waals surface area contributed by atoms with Crippen molar-refractivity contribution in [3.63, 3.8) is 0 Å². The minimum absolute atomic E-state index is 0.284. The third-order valence-electron chi connectivity index (χ3n) is 4.96. The van der Waals surface area contributed by atoms with Gasteiger partial charge in [0, 0.05) is 12.5 Å². The molecule has 2 atom stereocenters. The topological polar surface area (TPSA) is 126 Å². The van der Waals surface area contributed by atoms with E-state index in [0.29, 0.717) is 35.6 Å². The van der Waals surface area contributed by atoms with E-state index in [1.807, 2.05) is 0 Å². The first-order valence-corrected chi connectivity index (χ1v) is 9.28. The van der Waals surface area contributed by atoms with E-state index >= 15 is 0 Å². The second-order valence-electron chi connectivity index (χ2n) is 6.76. The fourth-order valence-corrected chi connectivity index (χ4v) is 4.13. The van der Waals surface area contributed by atoms with E-state index in [0.717, 1.165) is 12.8 Å². The van der Waals surface area contributed by atoms with Crippen molar-refractivity contribution in [3.8, 4) is 0 Å². The summed E-state index contributed by atoms with van der Waals surface area (Å²) in [6, 6.07) is -1.45. The minimum atomic E-state index is -4.74. The van der Waals surface area contributed by atoms with E-state index in [9.17, 15) is 13.2 Å². The lowest BCUT2D eigenvalue weighted by molar-refractivity contribution is -0.0317. The van der Waals surface area contributed by atoms with Crippen LogP contribution in [0.1, 0.15) is 56.3 Å². The molecule has 11 heteroatoms. The fraction of sp³-hybridized carbons (Fsp3) is 0.769. The molecule has 2 bridgehead atoms. The Bertz CT molecular complexity index is 758. The van der Waals surface area contributed by atoms with Gasteiger partial charge in [-0.25, -0.2) is 4.79 Å². The van der Waals surface area contributed by atoms with E-state index < -0.39 is 28.5 Å². The second-order valence-corrected chi connectivity index (χ2v) is 7.77. The standard InChI is InChI=1S/C13H18N4O6S/c1-7-4-8(5-7)11-14-15-12(22-11)10-3-2-9-6-16(10)13(18)17(9)23-24(19,20)21/h7-10H,2-6H2,1H3,(H,19,20,21)/t7?,8?,9-,10+/m1/s1. The molecule has 1 aliphatic carbocycles. The summed E-state index contributed by atoms with van der Waals surface area (Å²) in [7, 11) is -4.74. The summed E-state index contributed by atoms with van der Waals surface area (Å²) >= 11 is 0. The molecule has 3 aliphatic rings. The van der Waals surface area contributed by atoms with Gasteiger partial charge in [0.1, 0.15) is 6.04 Å². The van der Waals surface area contributed by atoms with Crippen LogP contribution in [0, 0.1) is 5.92 Å². The minimum Gasteiger partial charge on any atom is -0.423 e. The van der Waals surface area contributed by atoms with Crippen LogP contribution in [0.2, 0.25) is 0 Å². The summed E-state index contributed by atoms with van der Waals surface area (Å²) in [6.45, 7) is 2.46. The monoisotopic (exact) mass is 358 g/mol. The van der Waals surface area contributed by atoms with Crippen LogP contribution in [0.3, 0.4) is 0 Å². The molecule has 3 heterocycles. The van der Waals surface area contributed by atoms with Crippen LogP contribution in [0.15, 0.2) is 4.42 Å². The number of rotatable bonds is 4. The largest absolute Gasteiger partial charge is 0.423 e. The van der Waals surface area contributed by atoms with E-state index in [-0.39, 0.29) is 12.5 Å². The number of carbonyl (C=O) groups is 1. The van der Waals surface area contributed by atoms with Gasteiger partial charge >= 0.3 is 16.4 Å². The number of aromatic nitrogens is 2. The molecule has 132 valence electrons. The summed E-state index contributed by atoms with van der Waals surface area (Å²) in [6.07, 6.45) is 3.12. The SMILES string of the molecule is CC1CC(c2nnc([C@@H]3CC[C@@H]4CN3C(=O)N4OS(=O)(=O)O)o2)C1. The molecular weight excluding hydrogens is 340 g/mol. The van der Waals surface area contributed by atoms with Crippen molar-refractivity contribution in [1.82, 2.24) is 20.2 Å². The first-order valence-electron chi connectivity index (χ1n) is 7.92. The number of hydrogen-bond acceptors (Lipinski definition) is 7. The molecule has 1 N–H and O–H groups in total. The van der Waals surface area contributed by atoms with Crippen LogP contribution < -0.4 is 0 Å². The van der Waals surface area contributed by atoms with Crippen LogP contribution in [0.25, 0.3) is 0 Å². The van der Waals surface area contributed by atoms with E-state index in [1.54, 1.807) is 0 Å². The Balaban J connectivity index is 1.51. The van der Waals surface area contributed by atoms with Gasteiger partial charge in [-0.2, -0.15) is 13.5 Å². The number of piperidine rings is 1. The number of nitrogens with zero attached hydrogens (tertiary/aromatic N) is 4. The Hall–Kier alpha value is -1.72. The number of amides is 2. The van der Waals surface area contributed by atoms with Gasteiger partial charge < -0.3 is 9.32 Å². The number of carbonyl (C=O) groups excluding carboxylic acids is 1. The third-order valence-corrected chi connectivity index (χ3v) is 5.31. The smallest absolute Gasteiger partial charge is 0.418 e. The summed E-state index contributed by atoms with van der Waals surface area (Å²) in [5.74, 6) is 1.91. The van der Waals surface area contributed by atoms with Crippen molar-refractivity contribution < 1.29 is 26.5 Å². The van der Waals surface area contributed by atoms with Gasteiger partial charge in [0.25, 0.3) is 0 Å². The van der Waals surface area contributed by atoms with Crippen molar-refractivity contribution in [2.24, 2.45) is 5.92 Å². The molecule has 3 fully saturated rings. The van der Waals surface area contributed by atoms with Gasteiger partial charge in [0.05, 0.1) is 6.04 Å². The van der Waals surface area contributed by atoms with Gasteiger partial charge in [-0.3, -0.25) is 4.55 Å². The summed E-state index contributed by atoms with van der Waals surface area (Å²) < 4.78 is 40.8. The molecule has 0 unspecified atom stereocenters. The van der Waals surface area contributed by atoms with Gasteiger partial charge in [0.15, 0.2) is 0 Å². The van der Waals surface area contributed by atoms with Crippen LogP contribution in [0.4, 0.5) is 4.79 Å². The Morgan fingerprint density at radius 2 is 1.96 bits per heavy atom. The molecule has 0 aromatic carbocycles. The van der Waals surface area contributed by atoms with Crippen LogP contribution >= 0.6 is 0 Å². The molecule has 4 rings (SSSR count). The molecular formula is C13H18N4O6S. The summed E-state index contributed by atoms with van der Waals surface area (Å²) in [5.41, 5.74) is 0. The van der Waals surface area contributed by atoms with Crippen molar-refractivity contribution >= 4 is 16.4 Å². The Morgan fingerprint density at radius 3 is 2.62 bits per heavy atom. The van der Waals surface area contributed by atoms with Crippen molar-refractivity contribution in [1.29, 1.82) is 0 Å². The molecule has 0 spiro atoms.